The van der Waals surface area contributed by atoms with Crippen molar-refractivity contribution < 1.29 is 0 Å². The number of rotatable bonds is 5. The molecule has 20 heavy (non-hydrogen) atoms. The Morgan fingerprint density at radius 3 is 2.20 bits per heavy atom. The fourth-order valence-corrected chi connectivity index (χ4v) is 2.43. The van der Waals surface area contributed by atoms with Gasteiger partial charge in [-0.15, -0.1) is 0 Å². The molecule has 0 radical (unpaired) electrons. The Morgan fingerprint density at radius 2 is 1.65 bits per heavy atom. The molecule has 2 nitrogen and oxygen atoms in total. The van der Waals surface area contributed by atoms with Gasteiger partial charge in [0.15, 0.2) is 0 Å². The Kier molecular flexibility index (Phi) is 4.80. The summed E-state index contributed by atoms with van der Waals surface area (Å²) in [7, 11) is 2.11. The number of anilines is 2. The van der Waals surface area contributed by atoms with E-state index in [0.29, 0.717) is 6.54 Å². The number of hydrogen-bond donors (Lipinski definition) is 1. The average Bonchev–Trinajstić information content (AvgIpc) is 2.49. The minimum Gasteiger partial charge on any atom is -0.345 e. The van der Waals surface area contributed by atoms with Crippen LogP contribution in [0.2, 0.25) is 0 Å². The Hall–Kier alpha value is -1.80. The molecule has 106 valence electrons. The van der Waals surface area contributed by atoms with E-state index in [4.69, 9.17) is 5.73 Å². The van der Waals surface area contributed by atoms with Crippen LogP contribution in [0.25, 0.3) is 0 Å². The number of nitrogens with two attached hydrogens (primary N) is 1. The van der Waals surface area contributed by atoms with E-state index in [2.05, 4.69) is 68.3 Å². The van der Waals surface area contributed by atoms with Crippen molar-refractivity contribution in [1.82, 2.24) is 0 Å². The first-order valence-electron chi connectivity index (χ1n) is 7.28. The molecular formula is C18H24N2. The van der Waals surface area contributed by atoms with Crippen LogP contribution in [-0.4, -0.2) is 13.6 Å². The molecule has 2 rings (SSSR count). The molecule has 0 saturated heterocycles. The fraction of sp³-hybridized carbons (Fsp3) is 0.333. The van der Waals surface area contributed by atoms with Crippen molar-refractivity contribution in [2.75, 3.05) is 18.5 Å². The lowest BCUT2D eigenvalue weighted by molar-refractivity contribution is 0.957. The van der Waals surface area contributed by atoms with Crippen molar-refractivity contribution >= 4 is 11.4 Å². The van der Waals surface area contributed by atoms with Gasteiger partial charge in [-0.1, -0.05) is 25.1 Å². The van der Waals surface area contributed by atoms with E-state index in [1.807, 2.05) is 0 Å². The maximum absolute atomic E-state index is 5.64. The normalized spacial score (nSPS) is 10.6. The van der Waals surface area contributed by atoms with Gasteiger partial charge in [0.05, 0.1) is 0 Å². The lowest BCUT2D eigenvalue weighted by Crippen LogP contribution is -2.10. The molecule has 0 aliphatic rings. The molecule has 2 heteroatoms. The van der Waals surface area contributed by atoms with Gasteiger partial charge < -0.3 is 10.6 Å². The third-order valence-electron chi connectivity index (χ3n) is 3.86. The van der Waals surface area contributed by atoms with Crippen LogP contribution in [0.1, 0.15) is 23.6 Å². The molecule has 2 N–H and O–H groups in total. The molecule has 0 atom stereocenters. The first kappa shape index (κ1) is 14.6. The summed E-state index contributed by atoms with van der Waals surface area (Å²) in [6, 6.07) is 15.4. The SMILES string of the molecule is CCc1ccc(N(C)c2ccc(CCN)c(C)c2)cc1. The minimum absolute atomic E-state index is 0.703. The zero-order valence-corrected chi connectivity index (χ0v) is 12.7. The molecule has 0 amide bonds. The number of nitrogens with zero attached hydrogens (tertiary/aromatic N) is 1. The van der Waals surface area contributed by atoms with E-state index < -0.39 is 0 Å². The molecule has 2 aromatic rings. The Morgan fingerprint density at radius 1 is 1.00 bits per heavy atom. The first-order chi connectivity index (χ1) is 9.65. The van der Waals surface area contributed by atoms with Crippen molar-refractivity contribution in [2.24, 2.45) is 5.73 Å². The second-order valence-corrected chi connectivity index (χ2v) is 5.23. The average molecular weight is 268 g/mol. The summed E-state index contributed by atoms with van der Waals surface area (Å²) in [5, 5.41) is 0. The second-order valence-electron chi connectivity index (χ2n) is 5.23. The second kappa shape index (κ2) is 6.58. The monoisotopic (exact) mass is 268 g/mol. The van der Waals surface area contributed by atoms with E-state index in [1.165, 1.54) is 28.1 Å². The fourth-order valence-electron chi connectivity index (χ4n) is 2.43. The first-order valence-corrected chi connectivity index (χ1v) is 7.28. The number of benzene rings is 2. The van der Waals surface area contributed by atoms with Gasteiger partial charge >= 0.3 is 0 Å². The highest BCUT2D eigenvalue weighted by Gasteiger charge is 2.06. The number of aryl methyl sites for hydroxylation is 2. The summed E-state index contributed by atoms with van der Waals surface area (Å²) >= 11 is 0. The summed E-state index contributed by atoms with van der Waals surface area (Å²) < 4.78 is 0. The summed E-state index contributed by atoms with van der Waals surface area (Å²) in [6.07, 6.45) is 2.03. The highest BCUT2D eigenvalue weighted by atomic mass is 15.1. The highest BCUT2D eigenvalue weighted by Crippen LogP contribution is 2.26. The molecule has 0 aromatic heterocycles. The van der Waals surface area contributed by atoms with E-state index in [-0.39, 0.29) is 0 Å². The summed E-state index contributed by atoms with van der Waals surface area (Å²) in [6.45, 7) is 5.04. The molecular weight excluding hydrogens is 244 g/mol. The van der Waals surface area contributed by atoms with Gasteiger partial charge in [-0.25, -0.2) is 0 Å². The van der Waals surface area contributed by atoms with Crippen LogP contribution in [0, 0.1) is 6.92 Å². The van der Waals surface area contributed by atoms with Gasteiger partial charge in [0.1, 0.15) is 0 Å². The van der Waals surface area contributed by atoms with Crippen molar-refractivity contribution in [3.63, 3.8) is 0 Å². The van der Waals surface area contributed by atoms with Crippen molar-refractivity contribution in [3.05, 3.63) is 59.2 Å². The highest BCUT2D eigenvalue weighted by molar-refractivity contribution is 5.63. The van der Waals surface area contributed by atoms with E-state index in [9.17, 15) is 0 Å². The Bertz CT molecular complexity index is 558. The van der Waals surface area contributed by atoms with E-state index in [1.54, 1.807) is 0 Å². The molecule has 0 aliphatic heterocycles. The Balaban J connectivity index is 2.23. The van der Waals surface area contributed by atoms with Crippen molar-refractivity contribution in [3.8, 4) is 0 Å². The lowest BCUT2D eigenvalue weighted by Gasteiger charge is -2.21. The van der Waals surface area contributed by atoms with Gasteiger partial charge in [-0.2, -0.15) is 0 Å². The predicted molar refractivity (Wildman–Crippen MR) is 87.8 cm³/mol. The maximum atomic E-state index is 5.64. The standard InChI is InChI=1S/C18H24N2/c1-4-15-5-8-17(9-6-15)20(3)18-10-7-16(11-12-19)14(2)13-18/h5-10,13H,4,11-12,19H2,1-3H3. The van der Waals surface area contributed by atoms with E-state index in [0.717, 1.165) is 12.8 Å². The van der Waals surface area contributed by atoms with E-state index >= 15 is 0 Å². The molecule has 0 unspecified atom stereocenters. The van der Waals surface area contributed by atoms with Crippen molar-refractivity contribution in [1.29, 1.82) is 0 Å². The van der Waals surface area contributed by atoms with Crippen LogP contribution in [0.4, 0.5) is 11.4 Å². The zero-order valence-electron chi connectivity index (χ0n) is 12.7. The van der Waals surface area contributed by atoms with Gasteiger partial charge in [0.25, 0.3) is 0 Å². The van der Waals surface area contributed by atoms with Gasteiger partial charge in [0.2, 0.25) is 0 Å². The van der Waals surface area contributed by atoms with Crippen LogP contribution in [0.15, 0.2) is 42.5 Å². The third kappa shape index (κ3) is 3.20. The van der Waals surface area contributed by atoms with Gasteiger partial charge in [-0.05, 0) is 67.3 Å². The predicted octanol–water partition coefficient (Wildman–Crippen LogP) is 3.83. The molecule has 2 aromatic carbocycles. The zero-order chi connectivity index (χ0) is 14.5. The van der Waals surface area contributed by atoms with Gasteiger partial charge in [-0.3, -0.25) is 0 Å². The summed E-state index contributed by atoms with van der Waals surface area (Å²) in [5.41, 5.74) is 12.1. The summed E-state index contributed by atoms with van der Waals surface area (Å²) in [5.74, 6) is 0. The maximum Gasteiger partial charge on any atom is 0.0410 e. The van der Waals surface area contributed by atoms with Crippen LogP contribution in [0.3, 0.4) is 0 Å². The minimum atomic E-state index is 0.703. The van der Waals surface area contributed by atoms with Crippen LogP contribution >= 0.6 is 0 Å². The van der Waals surface area contributed by atoms with Gasteiger partial charge in [0, 0.05) is 18.4 Å². The Labute approximate surface area is 122 Å². The molecule has 0 aliphatic carbocycles. The molecule has 0 bridgehead atoms. The number of hydrogen-bond acceptors (Lipinski definition) is 2. The van der Waals surface area contributed by atoms with Crippen LogP contribution in [0.5, 0.6) is 0 Å². The van der Waals surface area contributed by atoms with Crippen LogP contribution < -0.4 is 10.6 Å². The molecule has 0 fully saturated rings. The molecule has 0 heterocycles. The van der Waals surface area contributed by atoms with Crippen molar-refractivity contribution in [2.45, 2.75) is 26.7 Å². The quantitative estimate of drug-likeness (QED) is 0.893. The molecule has 0 saturated carbocycles. The molecule has 0 spiro atoms. The lowest BCUT2D eigenvalue weighted by atomic mass is 10.0. The third-order valence-corrected chi connectivity index (χ3v) is 3.86. The largest absolute Gasteiger partial charge is 0.345 e. The topological polar surface area (TPSA) is 29.3 Å². The van der Waals surface area contributed by atoms with Crippen LogP contribution in [-0.2, 0) is 12.8 Å². The summed E-state index contributed by atoms with van der Waals surface area (Å²) in [4.78, 5) is 2.22. The smallest absolute Gasteiger partial charge is 0.0410 e.